The van der Waals surface area contributed by atoms with Crippen LogP contribution in [0, 0.1) is 0 Å². The molecule has 0 heterocycles. The zero-order chi connectivity index (χ0) is 12.6. The Morgan fingerprint density at radius 2 is 2.06 bits per heavy atom. The van der Waals surface area contributed by atoms with E-state index in [0.717, 1.165) is 0 Å². The molecule has 1 saturated carbocycles. The number of hydrogen-bond donors (Lipinski definition) is 3. The summed E-state index contributed by atoms with van der Waals surface area (Å²) >= 11 is 5.70. The van der Waals surface area contributed by atoms with Crippen molar-refractivity contribution in [2.45, 2.75) is 18.4 Å². The lowest BCUT2D eigenvalue weighted by molar-refractivity contribution is -0.118. The summed E-state index contributed by atoms with van der Waals surface area (Å²) in [5, 5.41) is 11.8. The van der Waals surface area contributed by atoms with Gasteiger partial charge in [-0.1, -0.05) is 11.6 Å². The number of halogens is 1. The van der Waals surface area contributed by atoms with Crippen molar-refractivity contribution in [1.82, 2.24) is 0 Å². The first-order valence-corrected chi connectivity index (χ1v) is 5.43. The van der Waals surface area contributed by atoms with E-state index in [1.807, 2.05) is 0 Å². The highest BCUT2D eigenvalue weighted by molar-refractivity contribution is 6.31. The molecule has 0 unspecified atom stereocenters. The number of hydrogen-bond acceptors (Lipinski definition) is 3. The fourth-order valence-electron chi connectivity index (χ4n) is 1.41. The molecule has 0 aromatic heterocycles. The molecular weight excluding hydrogens is 244 g/mol. The molecule has 1 aliphatic rings. The Balaban J connectivity index is 2.26. The van der Waals surface area contributed by atoms with E-state index in [1.165, 1.54) is 18.2 Å². The van der Waals surface area contributed by atoms with Crippen LogP contribution in [-0.4, -0.2) is 22.5 Å². The summed E-state index contributed by atoms with van der Waals surface area (Å²) in [5.41, 5.74) is 5.04. The molecule has 1 aromatic carbocycles. The molecule has 6 heteroatoms. The van der Waals surface area contributed by atoms with Crippen molar-refractivity contribution < 1.29 is 14.7 Å². The molecule has 90 valence electrons. The zero-order valence-electron chi connectivity index (χ0n) is 8.87. The first-order valence-electron chi connectivity index (χ1n) is 5.05. The summed E-state index contributed by atoms with van der Waals surface area (Å²) < 4.78 is 0. The van der Waals surface area contributed by atoms with Gasteiger partial charge in [0, 0.05) is 5.02 Å². The van der Waals surface area contributed by atoms with Gasteiger partial charge in [-0.15, -0.1) is 0 Å². The minimum atomic E-state index is -1.15. The number of carbonyl (C=O) groups excluding carboxylic acids is 1. The lowest BCUT2D eigenvalue weighted by Gasteiger charge is -2.12. The second-order valence-corrected chi connectivity index (χ2v) is 4.54. The minimum absolute atomic E-state index is 0.0462. The average Bonchev–Trinajstić information content (AvgIpc) is 3.00. The van der Waals surface area contributed by atoms with Gasteiger partial charge in [0.05, 0.1) is 16.8 Å². The predicted octanol–water partition coefficient (Wildman–Crippen LogP) is 1.47. The molecule has 2 rings (SSSR count). The van der Waals surface area contributed by atoms with Crippen LogP contribution in [0.4, 0.5) is 5.69 Å². The predicted molar refractivity (Wildman–Crippen MR) is 63.2 cm³/mol. The summed E-state index contributed by atoms with van der Waals surface area (Å²) in [4.78, 5) is 22.7. The first-order chi connectivity index (χ1) is 7.92. The highest BCUT2D eigenvalue weighted by Crippen LogP contribution is 2.34. The largest absolute Gasteiger partial charge is 0.478 e. The van der Waals surface area contributed by atoms with Crippen molar-refractivity contribution in [1.29, 1.82) is 0 Å². The van der Waals surface area contributed by atoms with Crippen molar-refractivity contribution in [3.05, 3.63) is 28.8 Å². The molecular formula is C11H11ClN2O3. The van der Waals surface area contributed by atoms with Gasteiger partial charge in [-0.25, -0.2) is 4.79 Å². The van der Waals surface area contributed by atoms with E-state index in [0.29, 0.717) is 17.9 Å². The van der Waals surface area contributed by atoms with E-state index >= 15 is 0 Å². The van der Waals surface area contributed by atoms with Crippen molar-refractivity contribution >= 4 is 29.2 Å². The number of nitrogens with one attached hydrogen (secondary N) is 1. The van der Waals surface area contributed by atoms with Gasteiger partial charge in [-0.3, -0.25) is 4.79 Å². The highest BCUT2D eigenvalue weighted by atomic mass is 35.5. The van der Waals surface area contributed by atoms with Crippen LogP contribution < -0.4 is 11.1 Å². The highest BCUT2D eigenvalue weighted by Gasteiger charge is 2.46. The maximum Gasteiger partial charge on any atom is 0.337 e. The maximum atomic E-state index is 11.7. The Bertz CT molecular complexity index is 497. The number of carboxylic acids is 1. The van der Waals surface area contributed by atoms with E-state index in [9.17, 15) is 9.59 Å². The van der Waals surface area contributed by atoms with Gasteiger partial charge >= 0.3 is 5.97 Å². The van der Waals surface area contributed by atoms with Crippen molar-refractivity contribution in [2.24, 2.45) is 5.73 Å². The topological polar surface area (TPSA) is 92.4 Å². The Kier molecular flexibility index (Phi) is 2.81. The quantitative estimate of drug-likeness (QED) is 0.762. The average molecular weight is 255 g/mol. The molecule has 17 heavy (non-hydrogen) atoms. The Labute approximate surface area is 103 Å². The minimum Gasteiger partial charge on any atom is -0.478 e. The number of amides is 1. The summed E-state index contributed by atoms with van der Waals surface area (Å²) in [6.07, 6.45) is 1.24. The van der Waals surface area contributed by atoms with E-state index in [2.05, 4.69) is 5.32 Å². The SMILES string of the molecule is NC1(C(=O)Nc2ccc(Cl)cc2C(=O)O)CC1. The van der Waals surface area contributed by atoms with Gasteiger partial charge in [0.1, 0.15) is 0 Å². The molecule has 1 aliphatic carbocycles. The number of carboxylic acid groups (broad SMARTS) is 1. The lowest BCUT2D eigenvalue weighted by atomic mass is 10.1. The zero-order valence-corrected chi connectivity index (χ0v) is 9.62. The standard InChI is InChI=1S/C11H11ClN2O3/c12-6-1-2-8(7(5-6)9(15)16)14-10(17)11(13)3-4-11/h1-2,5H,3-4,13H2,(H,14,17)(H,15,16). The van der Waals surface area contributed by atoms with Crippen LogP contribution in [0.5, 0.6) is 0 Å². The molecule has 0 radical (unpaired) electrons. The molecule has 0 aliphatic heterocycles. The van der Waals surface area contributed by atoms with Crippen LogP contribution >= 0.6 is 11.6 Å². The molecule has 4 N–H and O–H groups in total. The molecule has 0 saturated heterocycles. The van der Waals surface area contributed by atoms with E-state index in [4.69, 9.17) is 22.4 Å². The number of anilines is 1. The van der Waals surface area contributed by atoms with Gasteiger partial charge in [0.2, 0.25) is 5.91 Å². The van der Waals surface area contributed by atoms with Crippen LogP contribution in [0.3, 0.4) is 0 Å². The normalized spacial score (nSPS) is 16.4. The van der Waals surface area contributed by atoms with Crippen LogP contribution in [0.15, 0.2) is 18.2 Å². The second-order valence-electron chi connectivity index (χ2n) is 4.11. The van der Waals surface area contributed by atoms with Crippen molar-refractivity contribution in [2.75, 3.05) is 5.32 Å². The molecule has 0 atom stereocenters. The third kappa shape index (κ3) is 2.40. The molecule has 1 aromatic rings. The fraction of sp³-hybridized carbons (Fsp3) is 0.273. The van der Waals surface area contributed by atoms with Crippen molar-refractivity contribution in [3.63, 3.8) is 0 Å². The van der Waals surface area contributed by atoms with Crippen LogP contribution in [-0.2, 0) is 4.79 Å². The summed E-state index contributed by atoms with van der Waals surface area (Å²) in [6.45, 7) is 0. The summed E-state index contributed by atoms with van der Waals surface area (Å²) in [6, 6.07) is 4.25. The number of carbonyl (C=O) groups is 2. The first kappa shape index (κ1) is 11.9. The number of rotatable bonds is 3. The molecule has 0 bridgehead atoms. The fourth-order valence-corrected chi connectivity index (χ4v) is 1.58. The smallest absolute Gasteiger partial charge is 0.337 e. The Morgan fingerprint density at radius 1 is 1.41 bits per heavy atom. The molecule has 0 spiro atoms. The van der Waals surface area contributed by atoms with Gasteiger partial charge in [-0.05, 0) is 31.0 Å². The van der Waals surface area contributed by atoms with Gasteiger partial charge in [0.15, 0.2) is 0 Å². The Morgan fingerprint density at radius 3 is 2.59 bits per heavy atom. The van der Waals surface area contributed by atoms with E-state index in [1.54, 1.807) is 0 Å². The molecule has 1 fully saturated rings. The maximum absolute atomic E-state index is 11.7. The van der Waals surface area contributed by atoms with Gasteiger partial charge in [0.25, 0.3) is 0 Å². The van der Waals surface area contributed by atoms with Crippen LogP contribution in [0.25, 0.3) is 0 Å². The van der Waals surface area contributed by atoms with E-state index < -0.39 is 11.5 Å². The monoisotopic (exact) mass is 254 g/mol. The van der Waals surface area contributed by atoms with Crippen molar-refractivity contribution in [3.8, 4) is 0 Å². The molecule has 1 amide bonds. The lowest BCUT2D eigenvalue weighted by Crippen LogP contribution is -2.38. The van der Waals surface area contributed by atoms with Crippen LogP contribution in [0.2, 0.25) is 5.02 Å². The van der Waals surface area contributed by atoms with Crippen LogP contribution in [0.1, 0.15) is 23.2 Å². The Hall–Kier alpha value is -1.59. The van der Waals surface area contributed by atoms with E-state index in [-0.39, 0.29) is 17.2 Å². The third-order valence-corrected chi connectivity index (χ3v) is 2.94. The summed E-state index contributed by atoms with van der Waals surface area (Å²) in [7, 11) is 0. The second kappa shape index (κ2) is 4.01. The number of nitrogens with two attached hydrogens (primary N) is 1. The summed E-state index contributed by atoms with van der Waals surface area (Å²) in [5.74, 6) is -1.51. The number of aromatic carboxylic acids is 1. The number of benzene rings is 1. The van der Waals surface area contributed by atoms with Gasteiger partial charge in [-0.2, -0.15) is 0 Å². The third-order valence-electron chi connectivity index (χ3n) is 2.70. The van der Waals surface area contributed by atoms with Gasteiger partial charge < -0.3 is 16.2 Å². The molecule has 5 nitrogen and oxygen atoms in total.